The fourth-order valence-corrected chi connectivity index (χ4v) is 4.53. The average Bonchev–Trinajstić information content (AvgIpc) is 3.22. The molecule has 0 bridgehead atoms. The van der Waals surface area contributed by atoms with Gasteiger partial charge in [0.15, 0.2) is 0 Å². The molecular weight excluding hydrogens is 298 g/mol. The lowest BCUT2D eigenvalue weighted by Crippen LogP contribution is -2.47. The Kier molecular flexibility index (Phi) is 4.37. The number of nitrogens with zero attached hydrogens (tertiary/aromatic N) is 3. The highest BCUT2D eigenvalue weighted by Crippen LogP contribution is 2.51. The Morgan fingerprint density at radius 3 is 2.92 bits per heavy atom. The maximum Gasteiger partial charge on any atom is 0.137 e. The SMILES string of the molecule is CCC(Cn1cncn1)NC1c2ccccc2CC12CCNCC2. The van der Waals surface area contributed by atoms with E-state index < -0.39 is 0 Å². The monoisotopic (exact) mass is 325 g/mol. The van der Waals surface area contributed by atoms with Crippen LogP contribution < -0.4 is 10.6 Å². The van der Waals surface area contributed by atoms with Crippen LogP contribution >= 0.6 is 0 Å². The molecule has 2 atom stereocenters. The predicted octanol–water partition coefficient (Wildman–Crippen LogP) is 2.31. The van der Waals surface area contributed by atoms with Gasteiger partial charge in [-0.3, -0.25) is 4.68 Å². The van der Waals surface area contributed by atoms with Gasteiger partial charge in [-0.1, -0.05) is 31.2 Å². The smallest absolute Gasteiger partial charge is 0.137 e. The molecule has 0 saturated carbocycles. The van der Waals surface area contributed by atoms with Gasteiger partial charge in [-0.05, 0) is 55.3 Å². The Hall–Kier alpha value is -1.72. The molecule has 0 amide bonds. The molecule has 2 heterocycles. The number of hydrogen-bond donors (Lipinski definition) is 2. The van der Waals surface area contributed by atoms with Crippen molar-refractivity contribution in [1.82, 2.24) is 25.4 Å². The van der Waals surface area contributed by atoms with E-state index in [1.165, 1.54) is 30.4 Å². The zero-order valence-corrected chi connectivity index (χ0v) is 14.4. The highest BCUT2D eigenvalue weighted by atomic mass is 15.3. The Morgan fingerprint density at radius 1 is 1.33 bits per heavy atom. The van der Waals surface area contributed by atoms with Crippen LogP contribution in [0, 0.1) is 5.41 Å². The second-order valence-corrected chi connectivity index (χ2v) is 7.31. The summed E-state index contributed by atoms with van der Waals surface area (Å²) in [6.45, 7) is 5.39. The fourth-order valence-electron chi connectivity index (χ4n) is 4.53. The van der Waals surface area contributed by atoms with Gasteiger partial charge >= 0.3 is 0 Å². The van der Waals surface area contributed by atoms with Crippen molar-refractivity contribution < 1.29 is 0 Å². The van der Waals surface area contributed by atoms with Crippen molar-refractivity contribution in [3.63, 3.8) is 0 Å². The molecule has 1 spiro atoms. The number of benzene rings is 1. The van der Waals surface area contributed by atoms with E-state index in [9.17, 15) is 0 Å². The van der Waals surface area contributed by atoms with Crippen LogP contribution in [0.2, 0.25) is 0 Å². The molecule has 4 rings (SSSR count). The van der Waals surface area contributed by atoms with E-state index in [4.69, 9.17) is 0 Å². The number of rotatable bonds is 5. The molecule has 0 radical (unpaired) electrons. The molecule has 1 aromatic carbocycles. The minimum absolute atomic E-state index is 0.366. The number of hydrogen-bond acceptors (Lipinski definition) is 4. The van der Waals surface area contributed by atoms with Gasteiger partial charge in [0.1, 0.15) is 12.7 Å². The Labute approximate surface area is 143 Å². The summed E-state index contributed by atoms with van der Waals surface area (Å²) in [6, 6.07) is 9.87. The molecule has 2 N–H and O–H groups in total. The Balaban J connectivity index is 1.59. The van der Waals surface area contributed by atoms with Gasteiger partial charge in [0.2, 0.25) is 0 Å². The summed E-state index contributed by atoms with van der Waals surface area (Å²) in [5.41, 5.74) is 3.41. The first-order valence-electron chi connectivity index (χ1n) is 9.18. The van der Waals surface area contributed by atoms with E-state index in [1.54, 1.807) is 6.33 Å². The van der Waals surface area contributed by atoms with Crippen molar-refractivity contribution in [3.8, 4) is 0 Å². The standard InChI is InChI=1S/C19H27N5/c1-2-16(12-24-14-21-13-22-24)23-18-17-6-4-3-5-15(17)11-19(18)7-9-20-10-8-19/h3-6,13-14,16,18,20,23H,2,7-12H2,1H3. The third kappa shape index (κ3) is 2.87. The lowest BCUT2D eigenvalue weighted by molar-refractivity contribution is 0.135. The van der Waals surface area contributed by atoms with Gasteiger partial charge in [0.25, 0.3) is 0 Å². The molecule has 5 nitrogen and oxygen atoms in total. The van der Waals surface area contributed by atoms with E-state index in [-0.39, 0.29) is 0 Å². The minimum Gasteiger partial charge on any atom is -0.317 e. The van der Waals surface area contributed by atoms with E-state index in [2.05, 4.69) is 51.9 Å². The number of piperidine rings is 1. The topological polar surface area (TPSA) is 54.8 Å². The van der Waals surface area contributed by atoms with Crippen LogP contribution in [0.5, 0.6) is 0 Å². The molecule has 24 heavy (non-hydrogen) atoms. The van der Waals surface area contributed by atoms with Gasteiger partial charge in [-0.2, -0.15) is 5.10 Å². The molecule has 2 unspecified atom stereocenters. The summed E-state index contributed by atoms with van der Waals surface area (Å²) < 4.78 is 1.94. The third-order valence-electron chi connectivity index (χ3n) is 5.89. The molecule has 1 saturated heterocycles. The first-order valence-corrected chi connectivity index (χ1v) is 9.18. The first-order chi connectivity index (χ1) is 11.8. The molecule has 2 aliphatic rings. The zero-order chi connectivity index (χ0) is 16.4. The molecule has 1 aliphatic heterocycles. The van der Waals surface area contributed by atoms with Crippen LogP contribution in [-0.2, 0) is 13.0 Å². The second-order valence-electron chi connectivity index (χ2n) is 7.31. The molecule has 5 heteroatoms. The van der Waals surface area contributed by atoms with Crippen LogP contribution in [0.4, 0.5) is 0 Å². The summed E-state index contributed by atoms with van der Waals surface area (Å²) in [5.74, 6) is 0. The Morgan fingerprint density at radius 2 is 2.17 bits per heavy atom. The second kappa shape index (κ2) is 6.65. The first kappa shape index (κ1) is 15.8. The summed E-state index contributed by atoms with van der Waals surface area (Å²) in [6.07, 6.45) is 8.23. The van der Waals surface area contributed by atoms with Crippen molar-refractivity contribution >= 4 is 0 Å². The van der Waals surface area contributed by atoms with Crippen LogP contribution in [0.1, 0.15) is 43.4 Å². The van der Waals surface area contributed by atoms with Gasteiger partial charge in [-0.15, -0.1) is 0 Å². The molecule has 1 aromatic heterocycles. The highest BCUT2D eigenvalue weighted by molar-refractivity contribution is 5.38. The van der Waals surface area contributed by atoms with Crippen molar-refractivity contribution in [2.75, 3.05) is 13.1 Å². The zero-order valence-electron chi connectivity index (χ0n) is 14.4. The summed E-state index contributed by atoms with van der Waals surface area (Å²) in [7, 11) is 0. The Bertz CT molecular complexity index is 660. The normalized spacial score (nSPS) is 23.3. The maximum absolute atomic E-state index is 4.28. The lowest BCUT2D eigenvalue weighted by atomic mass is 9.73. The van der Waals surface area contributed by atoms with Crippen LogP contribution in [0.3, 0.4) is 0 Å². The van der Waals surface area contributed by atoms with Gasteiger partial charge in [-0.25, -0.2) is 4.98 Å². The summed E-state index contributed by atoms with van der Waals surface area (Å²) in [5, 5.41) is 11.8. The average molecular weight is 325 g/mol. The van der Waals surface area contributed by atoms with E-state index in [1.807, 2.05) is 11.0 Å². The van der Waals surface area contributed by atoms with Crippen molar-refractivity contribution in [2.24, 2.45) is 5.41 Å². The highest BCUT2D eigenvalue weighted by Gasteiger charge is 2.46. The molecule has 1 fully saturated rings. The molecule has 1 aliphatic carbocycles. The molecule has 2 aromatic rings. The quantitative estimate of drug-likeness (QED) is 0.886. The van der Waals surface area contributed by atoms with Crippen LogP contribution in [-0.4, -0.2) is 33.9 Å². The molecule has 128 valence electrons. The number of fused-ring (bicyclic) bond motifs is 1. The van der Waals surface area contributed by atoms with Gasteiger partial charge in [0, 0.05) is 12.1 Å². The molecular formula is C19H27N5. The maximum atomic E-state index is 4.28. The van der Waals surface area contributed by atoms with Crippen molar-refractivity contribution in [1.29, 1.82) is 0 Å². The van der Waals surface area contributed by atoms with Crippen molar-refractivity contribution in [2.45, 2.75) is 51.2 Å². The summed E-state index contributed by atoms with van der Waals surface area (Å²) >= 11 is 0. The van der Waals surface area contributed by atoms with E-state index in [0.29, 0.717) is 17.5 Å². The van der Waals surface area contributed by atoms with E-state index in [0.717, 1.165) is 26.1 Å². The number of aromatic nitrogens is 3. The number of nitrogens with one attached hydrogen (secondary N) is 2. The van der Waals surface area contributed by atoms with Crippen LogP contribution in [0.15, 0.2) is 36.9 Å². The minimum atomic E-state index is 0.366. The predicted molar refractivity (Wildman–Crippen MR) is 94.7 cm³/mol. The van der Waals surface area contributed by atoms with Crippen molar-refractivity contribution in [3.05, 3.63) is 48.0 Å². The summed E-state index contributed by atoms with van der Waals surface area (Å²) in [4.78, 5) is 4.08. The van der Waals surface area contributed by atoms with Gasteiger partial charge < -0.3 is 10.6 Å². The fraction of sp³-hybridized carbons (Fsp3) is 0.579. The van der Waals surface area contributed by atoms with E-state index >= 15 is 0 Å². The largest absolute Gasteiger partial charge is 0.317 e. The van der Waals surface area contributed by atoms with Crippen LogP contribution in [0.25, 0.3) is 0 Å². The third-order valence-corrected chi connectivity index (χ3v) is 5.89. The van der Waals surface area contributed by atoms with Gasteiger partial charge in [0.05, 0.1) is 6.54 Å². The lowest BCUT2D eigenvalue weighted by Gasteiger charge is -2.41.